The maximum atomic E-state index is 6.24. The largest absolute Gasteiger partial charge is 0.371 e. The second kappa shape index (κ2) is 5.09. The molecule has 0 radical (unpaired) electrons. The summed E-state index contributed by atoms with van der Waals surface area (Å²) in [6.45, 7) is 8.94. The van der Waals surface area contributed by atoms with Crippen molar-refractivity contribution in [3.63, 3.8) is 0 Å². The van der Waals surface area contributed by atoms with Gasteiger partial charge in [-0.05, 0) is 42.9 Å². The van der Waals surface area contributed by atoms with Crippen molar-refractivity contribution in [2.24, 2.45) is 11.7 Å². The van der Waals surface area contributed by atoms with Crippen LogP contribution in [0.1, 0.15) is 44.4 Å². The molecule has 1 aliphatic rings. The molecule has 1 atom stereocenters. The Hall–Kier alpha value is -1.02. The van der Waals surface area contributed by atoms with Crippen molar-refractivity contribution in [2.45, 2.75) is 39.7 Å². The van der Waals surface area contributed by atoms with E-state index >= 15 is 0 Å². The first-order chi connectivity index (χ1) is 8.11. The third-order valence-electron chi connectivity index (χ3n) is 3.63. The van der Waals surface area contributed by atoms with Gasteiger partial charge >= 0.3 is 0 Å². The zero-order chi connectivity index (χ0) is 12.4. The third-order valence-corrected chi connectivity index (χ3v) is 3.63. The molecule has 0 amide bonds. The van der Waals surface area contributed by atoms with Crippen molar-refractivity contribution in [3.05, 3.63) is 29.3 Å². The lowest BCUT2D eigenvalue weighted by atomic mass is 9.96. The van der Waals surface area contributed by atoms with Gasteiger partial charge in [-0.1, -0.05) is 26.0 Å². The van der Waals surface area contributed by atoms with Gasteiger partial charge in [-0.2, -0.15) is 0 Å². The van der Waals surface area contributed by atoms with E-state index in [1.807, 2.05) is 0 Å². The molecule has 2 N–H and O–H groups in total. The number of fused-ring (bicyclic) bond motifs is 1. The number of nitrogens with two attached hydrogens (primary N) is 1. The lowest BCUT2D eigenvalue weighted by molar-refractivity contribution is 0.510. The highest BCUT2D eigenvalue weighted by molar-refractivity contribution is 5.59. The van der Waals surface area contributed by atoms with E-state index in [4.69, 9.17) is 5.73 Å². The van der Waals surface area contributed by atoms with E-state index in [0.717, 1.165) is 19.5 Å². The third kappa shape index (κ3) is 2.63. The first-order valence-corrected chi connectivity index (χ1v) is 6.75. The second-order valence-electron chi connectivity index (χ2n) is 5.45. The average molecular weight is 232 g/mol. The molecular weight excluding hydrogens is 208 g/mol. The van der Waals surface area contributed by atoms with Crippen molar-refractivity contribution >= 4 is 5.69 Å². The van der Waals surface area contributed by atoms with Crippen LogP contribution in [0.3, 0.4) is 0 Å². The Morgan fingerprint density at radius 2 is 2.12 bits per heavy atom. The molecule has 1 aliphatic heterocycles. The van der Waals surface area contributed by atoms with Crippen LogP contribution in [-0.2, 0) is 6.42 Å². The van der Waals surface area contributed by atoms with Crippen molar-refractivity contribution in [1.29, 1.82) is 0 Å². The Morgan fingerprint density at radius 1 is 1.35 bits per heavy atom. The van der Waals surface area contributed by atoms with E-state index in [1.54, 1.807) is 0 Å². The molecule has 0 saturated carbocycles. The SMILES string of the molecule is CCN1CCc2cc(C(N)CC(C)C)ccc21. The van der Waals surface area contributed by atoms with Gasteiger partial charge < -0.3 is 10.6 Å². The fourth-order valence-corrected chi connectivity index (χ4v) is 2.69. The maximum absolute atomic E-state index is 6.24. The standard InChI is InChI=1S/C15H24N2/c1-4-17-8-7-13-10-12(5-6-15(13)17)14(16)9-11(2)3/h5-6,10-11,14H,4,7-9,16H2,1-3H3. The monoisotopic (exact) mass is 232 g/mol. The highest BCUT2D eigenvalue weighted by Crippen LogP contribution is 2.31. The van der Waals surface area contributed by atoms with E-state index in [9.17, 15) is 0 Å². The van der Waals surface area contributed by atoms with E-state index in [0.29, 0.717) is 5.92 Å². The summed E-state index contributed by atoms with van der Waals surface area (Å²) >= 11 is 0. The van der Waals surface area contributed by atoms with Crippen LogP contribution in [0.15, 0.2) is 18.2 Å². The zero-order valence-electron chi connectivity index (χ0n) is 11.2. The first kappa shape index (κ1) is 12.4. The molecule has 1 aromatic carbocycles. The molecule has 0 bridgehead atoms. The molecule has 2 nitrogen and oxygen atoms in total. The highest BCUT2D eigenvalue weighted by atomic mass is 15.1. The van der Waals surface area contributed by atoms with Gasteiger partial charge in [-0.15, -0.1) is 0 Å². The quantitative estimate of drug-likeness (QED) is 0.864. The van der Waals surface area contributed by atoms with E-state index in [2.05, 4.69) is 43.9 Å². The van der Waals surface area contributed by atoms with E-state index in [1.165, 1.54) is 23.2 Å². The molecule has 1 aromatic rings. The maximum Gasteiger partial charge on any atom is 0.0399 e. The lowest BCUT2D eigenvalue weighted by Gasteiger charge is -2.18. The Morgan fingerprint density at radius 3 is 2.76 bits per heavy atom. The fraction of sp³-hybridized carbons (Fsp3) is 0.600. The molecule has 0 saturated heterocycles. The van der Waals surface area contributed by atoms with Gasteiger partial charge in [-0.3, -0.25) is 0 Å². The topological polar surface area (TPSA) is 29.3 Å². The predicted molar refractivity (Wildman–Crippen MR) is 74.4 cm³/mol. The van der Waals surface area contributed by atoms with Crippen molar-refractivity contribution < 1.29 is 0 Å². The number of anilines is 1. The van der Waals surface area contributed by atoms with Crippen LogP contribution in [0.5, 0.6) is 0 Å². The number of nitrogens with zero attached hydrogens (tertiary/aromatic N) is 1. The van der Waals surface area contributed by atoms with Crippen LogP contribution in [0.25, 0.3) is 0 Å². The number of rotatable bonds is 4. The molecule has 1 heterocycles. The zero-order valence-corrected chi connectivity index (χ0v) is 11.2. The predicted octanol–water partition coefficient (Wildman–Crippen LogP) is 3.11. The minimum atomic E-state index is 0.191. The smallest absolute Gasteiger partial charge is 0.0399 e. The Balaban J connectivity index is 2.17. The lowest BCUT2D eigenvalue weighted by Crippen LogP contribution is -2.19. The fourth-order valence-electron chi connectivity index (χ4n) is 2.69. The highest BCUT2D eigenvalue weighted by Gasteiger charge is 2.19. The van der Waals surface area contributed by atoms with Crippen LogP contribution in [0.2, 0.25) is 0 Å². The molecule has 17 heavy (non-hydrogen) atoms. The summed E-state index contributed by atoms with van der Waals surface area (Å²) in [6.07, 6.45) is 2.24. The Bertz CT molecular complexity index is 385. The van der Waals surface area contributed by atoms with Gasteiger partial charge in [0.25, 0.3) is 0 Å². The van der Waals surface area contributed by atoms with Gasteiger partial charge in [0.2, 0.25) is 0 Å². The van der Waals surface area contributed by atoms with Gasteiger partial charge in [0.15, 0.2) is 0 Å². The molecular formula is C15H24N2. The summed E-state index contributed by atoms with van der Waals surface area (Å²) in [5.74, 6) is 0.658. The second-order valence-corrected chi connectivity index (χ2v) is 5.45. The summed E-state index contributed by atoms with van der Waals surface area (Å²) in [6, 6.07) is 6.97. The minimum absolute atomic E-state index is 0.191. The summed E-state index contributed by atoms with van der Waals surface area (Å²) < 4.78 is 0. The summed E-state index contributed by atoms with van der Waals surface area (Å²) in [4.78, 5) is 2.44. The summed E-state index contributed by atoms with van der Waals surface area (Å²) in [5, 5.41) is 0. The van der Waals surface area contributed by atoms with Gasteiger partial charge in [0, 0.05) is 24.8 Å². The Kier molecular flexibility index (Phi) is 3.72. The van der Waals surface area contributed by atoms with E-state index in [-0.39, 0.29) is 6.04 Å². The molecule has 0 aliphatic carbocycles. The van der Waals surface area contributed by atoms with Crippen LogP contribution in [0, 0.1) is 5.92 Å². The number of benzene rings is 1. The van der Waals surface area contributed by atoms with Crippen molar-refractivity contribution in [2.75, 3.05) is 18.0 Å². The molecule has 0 aromatic heterocycles. The number of hydrogen-bond acceptors (Lipinski definition) is 2. The molecule has 94 valence electrons. The van der Waals surface area contributed by atoms with Crippen LogP contribution >= 0.6 is 0 Å². The van der Waals surface area contributed by atoms with Crippen LogP contribution < -0.4 is 10.6 Å². The number of hydrogen-bond donors (Lipinski definition) is 1. The number of likely N-dealkylation sites (N-methyl/N-ethyl adjacent to an activating group) is 1. The molecule has 1 unspecified atom stereocenters. The molecule has 0 spiro atoms. The van der Waals surface area contributed by atoms with Crippen molar-refractivity contribution in [3.8, 4) is 0 Å². The molecule has 2 heteroatoms. The van der Waals surface area contributed by atoms with Gasteiger partial charge in [0.1, 0.15) is 0 Å². The molecule has 0 fully saturated rings. The van der Waals surface area contributed by atoms with Gasteiger partial charge in [-0.25, -0.2) is 0 Å². The molecule has 2 rings (SSSR count). The van der Waals surface area contributed by atoms with Crippen molar-refractivity contribution in [1.82, 2.24) is 0 Å². The first-order valence-electron chi connectivity index (χ1n) is 6.75. The van der Waals surface area contributed by atoms with Crippen LogP contribution in [-0.4, -0.2) is 13.1 Å². The van der Waals surface area contributed by atoms with Crippen LogP contribution in [0.4, 0.5) is 5.69 Å². The summed E-state index contributed by atoms with van der Waals surface area (Å²) in [7, 11) is 0. The van der Waals surface area contributed by atoms with Gasteiger partial charge in [0.05, 0.1) is 0 Å². The Labute approximate surface area is 105 Å². The normalized spacial score (nSPS) is 16.4. The van der Waals surface area contributed by atoms with E-state index < -0.39 is 0 Å². The minimum Gasteiger partial charge on any atom is -0.371 e. The summed E-state index contributed by atoms with van der Waals surface area (Å²) in [5.41, 5.74) is 10.4. The average Bonchev–Trinajstić information content (AvgIpc) is 2.69.